The molecule has 0 aliphatic carbocycles. The Labute approximate surface area is 123 Å². The molecular weight excluding hydrogens is 272 g/mol. The van der Waals surface area contributed by atoms with Crippen molar-refractivity contribution in [1.82, 2.24) is 4.90 Å². The van der Waals surface area contributed by atoms with E-state index in [1.54, 1.807) is 4.90 Å². The lowest BCUT2D eigenvalue weighted by Crippen LogP contribution is -2.38. The molecule has 2 heterocycles. The van der Waals surface area contributed by atoms with E-state index in [9.17, 15) is 9.59 Å². The van der Waals surface area contributed by atoms with E-state index >= 15 is 0 Å². The SMILES string of the molecule is C[C@H]1Cc2ccccc2N1C(=O)CCN1CCSC1=O. The van der Waals surface area contributed by atoms with Gasteiger partial charge in [-0.1, -0.05) is 30.0 Å². The van der Waals surface area contributed by atoms with Gasteiger partial charge in [-0.2, -0.15) is 0 Å². The molecule has 106 valence electrons. The Morgan fingerprint density at radius 2 is 2.20 bits per heavy atom. The lowest BCUT2D eigenvalue weighted by atomic mass is 10.1. The summed E-state index contributed by atoms with van der Waals surface area (Å²) in [6.07, 6.45) is 1.32. The quantitative estimate of drug-likeness (QED) is 0.859. The molecule has 5 heteroatoms. The van der Waals surface area contributed by atoms with E-state index in [1.807, 2.05) is 23.1 Å². The Morgan fingerprint density at radius 1 is 1.40 bits per heavy atom. The van der Waals surface area contributed by atoms with Crippen LogP contribution in [0, 0.1) is 0 Å². The monoisotopic (exact) mass is 290 g/mol. The highest BCUT2D eigenvalue weighted by Gasteiger charge is 2.31. The Hall–Kier alpha value is -1.49. The third-order valence-corrected chi connectivity index (χ3v) is 4.81. The Morgan fingerprint density at radius 3 is 2.95 bits per heavy atom. The van der Waals surface area contributed by atoms with Gasteiger partial charge in [0.15, 0.2) is 0 Å². The van der Waals surface area contributed by atoms with E-state index < -0.39 is 0 Å². The molecule has 2 aliphatic heterocycles. The van der Waals surface area contributed by atoms with Crippen LogP contribution in [-0.4, -0.2) is 40.9 Å². The first-order valence-corrected chi connectivity index (χ1v) is 7.97. The van der Waals surface area contributed by atoms with Crippen molar-refractivity contribution < 1.29 is 9.59 Å². The maximum Gasteiger partial charge on any atom is 0.281 e. The van der Waals surface area contributed by atoms with Gasteiger partial charge in [-0.25, -0.2) is 0 Å². The van der Waals surface area contributed by atoms with E-state index in [0.717, 1.165) is 24.4 Å². The van der Waals surface area contributed by atoms with E-state index in [2.05, 4.69) is 13.0 Å². The topological polar surface area (TPSA) is 40.6 Å². The van der Waals surface area contributed by atoms with Crippen molar-refractivity contribution in [3.05, 3.63) is 29.8 Å². The molecule has 0 unspecified atom stereocenters. The molecular formula is C15H18N2O2S. The van der Waals surface area contributed by atoms with E-state index in [1.165, 1.54) is 17.3 Å². The molecule has 2 aliphatic rings. The van der Waals surface area contributed by atoms with E-state index in [0.29, 0.717) is 13.0 Å². The third kappa shape index (κ3) is 2.42. The predicted octanol–water partition coefficient (Wildman–Crippen LogP) is 2.52. The fourth-order valence-electron chi connectivity index (χ4n) is 2.93. The summed E-state index contributed by atoms with van der Waals surface area (Å²) in [6.45, 7) is 3.38. The van der Waals surface area contributed by atoms with Gasteiger partial charge in [-0.05, 0) is 25.0 Å². The van der Waals surface area contributed by atoms with Gasteiger partial charge in [0.05, 0.1) is 0 Å². The van der Waals surface area contributed by atoms with Gasteiger partial charge in [-0.3, -0.25) is 9.59 Å². The Kier molecular flexibility index (Phi) is 3.70. The molecule has 3 rings (SSSR count). The number of hydrogen-bond donors (Lipinski definition) is 0. The zero-order chi connectivity index (χ0) is 14.1. The average molecular weight is 290 g/mol. The van der Waals surface area contributed by atoms with Crippen molar-refractivity contribution in [3.63, 3.8) is 0 Å². The molecule has 0 spiro atoms. The molecule has 0 N–H and O–H groups in total. The first-order chi connectivity index (χ1) is 9.66. The van der Waals surface area contributed by atoms with Crippen LogP contribution < -0.4 is 4.90 Å². The summed E-state index contributed by atoms with van der Waals surface area (Å²) in [7, 11) is 0. The van der Waals surface area contributed by atoms with E-state index in [4.69, 9.17) is 0 Å². The maximum atomic E-state index is 12.5. The number of anilines is 1. The van der Waals surface area contributed by atoms with Crippen molar-refractivity contribution in [2.75, 3.05) is 23.7 Å². The largest absolute Gasteiger partial charge is 0.332 e. The zero-order valence-electron chi connectivity index (χ0n) is 11.5. The van der Waals surface area contributed by atoms with Crippen LogP contribution in [0.5, 0.6) is 0 Å². The molecule has 1 aromatic rings. The van der Waals surface area contributed by atoms with Crippen LogP contribution in [0.2, 0.25) is 0 Å². The summed E-state index contributed by atoms with van der Waals surface area (Å²) < 4.78 is 0. The minimum absolute atomic E-state index is 0.104. The molecule has 1 atom stereocenters. The van der Waals surface area contributed by atoms with Gasteiger partial charge in [0.1, 0.15) is 0 Å². The van der Waals surface area contributed by atoms with Crippen LogP contribution in [-0.2, 0) is 11.2 Å². The van der Waals surface area contributed by atoms with Crippen molar-refractivity contribution in [1.29, 1.82) is 0 Å². The highest BCUT2D eigenvalue weighted by atomic mass is 32.2. The number of rotatable bonds is 3. The fourth-order valence-corrected chi connectivity index (χ4v) is 3.78. The predicted molar refractivity (Wildman–Crippen MR) is 81.1 cm³/mol. The zero-order valence-corrected chi connectivity index (χ0v) is 12.4. The number of nitrogens with zero attached hydrogens (tertiary/aromatic N) is 2. The van der Waals surface area contributed by atoms with Gasteiger partial charge in [0.2, 0.25) is 5.91 Å². The summed E-state index contributed by atoms with van der Waals surface area (Å²) >= 11 is 1.34. The molecule has 0 bridgehead atoms. The van der Waals surface area contributed by atoms with Crippen LogP contribution in [0.1, 0.15) is 18.9 Å². The maximum absolute atomic E-state index is 12.5. The number of amides is 2. The lowest BCUT2D eigenvalue weighted by Gasteiger charge is -2.24. The number of carbonyl (C=O) groups is 2. The van der Waals surface area contributed by atoms with Crippen LogP contribution in [0.4, 0.5) is 10.5 Å². The number of para-hydroxylation sites is 1. The second-order valence-corrected chi connectivity index (χ2v) is 6.34. The van der Waals surface area contributed by atoms with Gasteiger partial charge in [0.25, 0.3) is 5.24 Å². The van der Waals surface area contributed by atoms with Crippen molar-refractivity contribution in [2.45, 2.75) is 25.8 Å². The smallest absolute Gasteiger partial charge is 0.281 e. The Balaban J connectivity index is 1.67. The van der Waals surface area contributed by atoms with Gasteiger partial charge in [-0.15, -0.1) is 0 Å². The summed E-state index contributed by atoms with van der Waals surface area (Å²) in [5.41, 5.74) is 2.27. The van der Waals surface area contributed by atoms with Gasteiger partial charge >= 0.3 is 0 Å². The summed E-state index contributed by atoms with van der Waals surface area (Å²) in [6, 6.07) is 8.29. The highest BCUT2D eigenvalue weighted by Crippen LogP contribution is 2.32. The first-order valence-electron chi connectivity index (χ1n) is 6.98. The number of fused-ring (bicyclic) bond motifs is 1. The average Bonchev–Trinajstić information content (AvgIpc) is 2.98. The summed E-state index contributed by atoms with van der Waals surface area (Å²) in [4.78, 5) is 27.7. The van der Waals surface area contributed by atoms with Crippen LogP contribution in [0.25, 0.3) is 0 Å². The number of benzene rings is 1. The fraction of sp³-hybridized carbons (Fsp3) is 0.467. The number of carbonyl (C=O) groups excluding carboxylic acids is 2. The van der Waals surface area contributed by atoms with Crippen LogP contribution >= 0.6 is 11.8 Å². The molecule has 20 heavy (non-hydrogen) atoms. The molecule has 4 nitrogen and oxygen atoms in total. The van der Waals surface area contributed by atoms with Gasteiger partial charge < -0.3 is 9.80 Å². The highest BCUT2D eigenvalue weighted by molar-refractivity contribution is 8.13. The van der Waals surface area contributed by atoms with Crippen LogP contribution in [0.15, 0.2) is 24.3 Å². The van der Waals surface area contributed by atoms with Crippen LogP contribution in [0.3, 0.4) is 0 Å². The second-order valence-electron chi connectivity index (χ2n) is 5.30. The summed E-state index contributed by atoms with van der Waals surface area (Å²) in [5.74, 6) is 0.961. The first kappa shape index (κ1) is 13.5. The lowest BCUT2D eigenvalue weighted by molar-refractivity contribution is -0.119. The molecule has 2 amide bonds. The third-order valence-electron chi connectivity index (χ3n) is 3.92. The molecule has 0 saturated carbocycles. The second kappa shape index (κ2) is 5.48. The number of thioether (sulfide) groups is 1. The molecule has 0 radical (unpaired) electrons. The minimum Gasteiger partial charge on any atom is -0.332 e. The van der Waals surface area contributed by atoms with Crippen molar-refractivity contribution in [2.24, 2.45) is 0 Å². The van der Waals surface area contributed by atoms with Gasteiger partial charge in [0, 0.05) is 37.0 Å². The van der Waals surface area contributed by atoms with Crippen molar-refractivity contribution >= 4 is 28.6 Å². The summed E-state index contributed by atoms with van der Waals surface area (Å²) in [5, 5.41) is 0.104. The number of hydrogen-bond acceptors (Lipinski definition) is 3. The normalized spacial score (nSPS) is 21.4. The Bertz CT molecular complexity index is 546. The molecule has 1 fully saturated rings. The minimum atomic E-state index is 0.104. The molecule has 1 aromatic carbocycles. The van der Waals surface area contributed by atoms with E-state index in [-0.39, 0.29) is 17.2 Å². The standard InChI is InChI=1S/C15H18N2O2S/c1-11-10-12-4-2-3-5-13(12)17(11)14(18)6-7-16-8-9-20-15(16)19/h2-5,11H,6-10H2,1H3/t11-/m0/s1. The molecule has 0 aromatic heterocycles. The molecule has 1 saturated heterocycles. The van der Waals surface area contributed by atoms with Crippen molar-refractivity contribution in [3.8, 4) is 0 Å².